The number of hydrogen-bond acceptors (Lipinski definition) is 2. The molecule has 0 unspecified atom stereocenters. The van der Waals surface area contributed by atoms with Crippen LogP contribution < -0.4 is 15.4 Å². The van der Waals surface area contributed by atoms with E-state index in [2.05, 4.69) is 21.7 Å². The van der Waals surface area contributed by atoms with Gasteiger partial charge in [0.1, 0.15) is 5.75 Å². The van der Waals surface area contributed by atoms with Crippen molar-refractivity contribution in [1.29, 1.82) is 0 Å². The molecule has 1 aromatic carbocycles. The van der Waals surface area contributed by atoms with Gasteiger partial charge in [0.05, 0.1) is 6.10 Å². The van der Waals surface area contributed by atoms with Gasteiger partial charge in [0, 0.05) is 26.2 Å². The maximum Gasteiger partial charge on any atom is 0.190 e. The maximum atomic E-state index is 5.98. The second-order valence-corrected chi connectivity index (χ2v) is 4.45. The Balaban J connectivity index is 0.00000180. The highest BCUT2D eigenvalue weighted by atomic mass is 127. The van der Waals surface area contributed by atoms with Crippen LogP contribution in [0.15, 0.2) is 29.3 Å². The molecule has 1 saturated carbocycles. The zero-order chi connectivity index (χ0) is 12.8. The van der Waals surface area contributed by atoms with Crippen molar-refractivity contribution >= 4 is 29.9 Å². The lowest BCUT2D eigenvalue weighted by Crippen LogP contribution is -2.34. The van der Waals surface area contributed by atoms with Crippen LogP contribution in [0.3, 0.4) is 0 Å². The first kappa shape index (κ1) is 16.1. The summed E-state index contributed by atoms with van der Waals surface area (Å²) in [5.41, 5.74) is 1.17. The van der Waals surface area contributed by atoms with Gasteiger partial charge in [-0.1, -0.05) is 18.2 Å². The maximum absolute atomic E-state index is 5.98. The van der Waals surface area contributed by atoms with Gasteiger partial charge in [-0.15, -0.1) is 24.0 Å². The zero-order valence-electron chi connectivity index (χ0n) is 11.5. The molecule has 1 fully saturated rings. The first-order chi connectivity index (χ1) is 8.83. The molecule has 1 aromatic rings. The Hall–Kier alpha value is -0.980. The molecule has 0 spiro atoms. The van der Waals surface area contributed by atoms with Gasteiger partial charge < -0.3 is 15.4 Å². The van der Waals surface area contributed by atoms with Crippen molar-refractivity contribution in [1.82, 2.24) is 10.6 Å². The molecule has 106 valence electrons. The van der Waals surface area contributed by atoms with Crippen LogP contribution in [-0.2, 0) is 6.54 Å². The molecule has 2 rings (SSSR count). The number of para-hydroxylation sites is 1. The number of nitrogens with one attached hydrogen (secondary N) is 2. The fraction of sp³-hybridized carbons (Fsp3) is 0.500. The highest BCUT2D eigenvalue weighted by Crippen LogP contribution is 2.27. The molecule has 5 heteroatoms. The fourth-order valence-electron chi connectivity index (χ4n) is 1.89. The van der Waals surface area contributed by atoms with Crippen molar-refractivity contribution in [3.05, 3.63) is 29.8 Å². The lowest BCUT2D eigenvalue weighted by Gasteiger charge is -2.27. The van der Waals surface area contributed by atoms with Crippen molar-refractivity contribution in [2.24, 2.45) is 4.99 Å². The molecule has 0 radical (unpaired) electrons. The van der Waals surface area contributed by atoms with E-state index in [0.717, 1.165) is 18.3 Å². The quantitative estimate of drug-likeness (QED) is 0.483. The fourth-order valence-corrected chi connectivity index (χ4v) is 1.89. The number of aliphatic imine (C=N–C) groups is 1. The van der Waals surface area contributed by atoms with Crippen LogP contribution in [0.1, 0.15) is 24.8 Å². The van der Waals surface area contributed by atoms with Gasteiger partial charge in [-0.25, -0.2) is 0 Å². The molecule has 0 aliphatic heterocycles. The Morgan fingerprint density at radius 2 is 2.11 bits per heavy atom. The third-order valence-electron chi connectivity index (χ3n) is 3.23. The minimum atomic E-state index is 0. The minimum Gasteiger partial charge on any atom is -0.490 e. The molecule has 4 nitrogen and oxygen atoms in total. The summed E-state index contributed by atoms with van der Waals surface area (Å²) in [5.74, 6) is 1.77. The summed E-state index contributed by atoms with van der Waals surface area (Å²) in [4.78, 5) is 4.09. The van der Waals surface area contributed by atoms with Crippen molar-refractivity contribution in [2.75, 3.05) is 14.1 Å². The number of hydrogen-bond donors (Lipinski definition) is 2. The summed E-state index contributed by atoms with van der Waals surface area (Å²) in [7, 11) is 3.61. The summed E-state index contributed by atoms with van der Waals surface area (Å²) < 4.78 is 5.98. The molecule has 0 saturated heterocycles. The Bertz CT molecular complexity index is 419. The number of rotatable bonds is 4. The van der Waals surface area contributed by atoms with E-state index < -0.39 is 0 Å². The third-order valence-corrected chi connectivity index (χ3v) is 3.23. The highest BCUT2D eigenvalue weighted by molar-refractivity contribution is 14.0. The van der Waals surface area contributed by atoms with Crippen molar-refractivity contribution in [3.8, 4) is 5.75 Å². The van der Waals surface area contributed by atoms with E-state index in [1.807, 2.05) is 25.2 Å². The molecule has 1 aliphatic rings. The van der Waals surface area contributed by atoms with Crippen LogP contribution in [0.5, 0.6) is 5.75 Å². The standard InChI is InChI=1S/C14H21N3O.HI/c1-15-14(16-2)17-10-11-6-3-4-9-13(11)18-12-7-5-8-12;/h3-4,6,9,12H,5,7-8,10H2,1-2H3,(H2,15,16,17);1H. The number of benzene rings is 1. The summed E-state index contributed by atoms with van der Waals surface area (Å²) >= 11 is 0. The number of ether oxygens (including phenoxy) is 1. The van der Waals surface area contributed by atoms with Crippen LogP contribution >= 0.6 is 24.0 Å². The Kier molecular flexibility index (Phi) is 6.97. The van der Waals surface area contributed by atoms with E-state index in [9.17, 15) is 0 Å². The van der Waals surface area contributed by atoms with Crippen molar-refractivity contribution < 1.29 is 4.74 Å². The van der Waals surface area contributed by atoms with Crippen LogP contribution in [0.25, 0.3) is 0 Å². The van der Waals surface area contributed by atoms with Crippen LogP contribution in [0.4, 0.5) is 0 Å². The third kappa shape index (κ3) is 4.56. The highest BCUT2D eigenvalue weighted by Gasteiger charge is 2.20. The van der Waals surface area contributed by atoms with Gasteiger partial charge in [0.15, 0.2) is 5.96 Å². The predicted molar refractivity (Wildman–Crippen MR) is 89.4 cm³/mol. The average molecular weight is 375 g/mol. The molecule has 0 atom stereocenters. The monoisotopic (exact) mass is 375 g/mol. The summed E-state index contributed by atoms with van der Waals surface area (Å²) in [5, 5.41) is 6.25. The lowest BCUT2D eigenvalue weighted by atomic mass is 9.96. The Morgan fingerprint density at radius 3 is 2.68 bits per heavy atom. The minimum absolute atomic E-state index is 0. The molecule has 2 N–H and O–H groups in total. The average Bonchev–Trinajstić information content (AvgIpc) is 2.36. The van der Waals surface area contributed by atoms with E-state index >= 15 is 0 Å². The summed E-state index contributed by atoms with van der Waals surface area (Å²) in [6.07, 6.45) is 4.06. The first-order valence-electron chi connectivity index (χ1n) is 6.46. The van der Waals surface area contributed by atoms with Crippen LogP contribution in [-0.4, -0.2) is 26.2 Å². The lowest BCUT2D eigenvalue weighted by molar-refractivity contribution is 0.119. The second kappa shape index (κ2) is 8.24. The first-order valence-corrected chi connectivity index (χ1v) is 6.46. The SMILES string of the molecule is CN=C(NC)NCc1ccccc1OC1CCC1.I. The smallest absolute Gasteiger partial charge is 0.190 e. The molecular weight excluding hydrogens is 353 g/mol. The van der Waals surface area contributed by atoms with Gasteiger partial charge in [0.25, 0.3) is 0 Å². The summed E-state index contributed by atoms with van der Waals surface area (Å²) in [6.45, 7) is 0.719. The van der Waals surface area contributed by atoms with E-state index in [1.165, 1.54) is 24.8 Å². The largest absolute Gasteiger partial charge is 0.490 e. The van der Waals surface area contributed by atoms with E-state index in [4.69, 9.17) is 4.74 Å². The van der Waals surface area contributed by atoms with Crippen LogP contribution in [0, 0.1) is 0 Å². The molecule has 0 aromatic heterocycles. The van der Waals surface area contributed by atoms with E-state index in [1.54, 1.807) is 7.05 Å². The van der Waals surface area contributed by atoms with E-state index in [0.29, 0.717) is 6.10 Å². The zero-order valence-corrected chi connectivity index (χ0v) is 13.8. The van der Waals surface area contributed by atoms with Gasteiger partial charge in [-0.2, -0.15) is 0 Å². The van der Waals surface area contributed by atoms with Crippen molar-refractivity contribution in [3.63, 3.8) is 0 Å². The topological polar surface area (TPSA) is 45.7 Å². The molecule has 19 heavy (non-hydrogen) atoms. The van der Waals surface area contributed by atoms with Crippen molar-refractivity contribution in [2.45, 2.75) is 31.9 Å². The Morgan fingerprint density at radius 1 is 1.37 bits per heavy atom. The van der Waals surface area contributed by atoms with Crippen LogP contribution in [0.2, 0.25) is 0 Å². The number of nitrogens with zero attached hydrogens (tertiary/aromatic N) is 1. The molecule has 0 heterocycles. The molecular formula is C14H22IN3O. The molecule has 1 aliphatic carbocycles. The molecule has 0 bridgehead atoms. The van der Waals surface area contributed by atoms with Gasteiger partial charge in [-0.3, -0.25) is 4.99 Å². The van der Waals surface area contributed by atoms with Gasteiger partial charge >= 0.3 is 0 Å². The van der Waals surface area contributed by atoms with Gasteiger partial charge in [0.2, 0.25) is 0 Å². The summed E-state index contributed by atoms with van der Waals surface area (Å²) in [6, 6.07) is 8.18. The second-order valence-electron chi connectivity index (χ2n) is 4.45. The number of guanidine groups is 1. The normalized spacial score (nSPS) is 15.2. The molecule has 0 amide bonds. The predicted octanol–water partition coefficient (Wildman–Crippen LogP) is 2.53. The number of halogens is 1. The van der Waals surface area contributed by atoms with E-state index in [-0.39, 0.29) is 24.0 Å². The Labute approximate surface area is 132 Å². The van der Waals surface area contributed by atoms with Gasteiger partial charge in [-0.05, 0) is 25.3 Å².